The number of nitrogens with zero attached hydrogens (tertiary/aromatic N) is 1. The van der Waals surface area contributed by atoms with Gasteiger partial charge in [0.15, 0.2) is 0 Å². The summed E-state index contributed by atoms with van der Waals surface area (Å²) in [6, 6.07) is 9.48. The molecule has 3 nitrogen and oxygen atoms in total. The normalized spacial score (nSPS) is 23.0. The Kier molecular flexibility index (Phi) is 4.16. The molecule has 19 heavy (non-hydrogen) atoms. The molecule has 0 bridgehead atoms. The van der Waals surface area contributed by atoms with Crippen LogP contribution in [0.3, 0.4) is 0 Å². The monoisotopic (exact) mass is 260 g/mol. The van der Waals surface area contributed by atoms with Gasteiger partial charge in [-0.15, -0.1) is 0 Å². The van der Waals surface area contributed by atoms with Crippen molar-refractivity contribution in [2.45, 2.75) is 31.2 Å². The predicted octanol–water partition coefficient (Wildman–Crippen LogP) is 2.29. The largest absolute Gasteiger partial charge is 0.380 e. The Labute approximate surface area is 115 Å². The summed E-state index contributed by atoms with van der Waals surface area (Å²) in [7, 11) is 0. The standard InChI is InChI=1S/C16H24N2O/c17-12-16(18-8-1-10-19-11-9-18)15-6-4-14(5-7-15)13-2-3-13/h4-7,13,16H,1-3,8-12,17H2. The first-order valence-electron chi connectivity index (χ1n) is 7.50. The van der Waals surface area contributed by atoms with E-state index in [0.717, 1.165) is 38.6 Å². The number of ether oxygens (including phenoxy) is 1. The summed E-state index contributed by atoms with van der Waals surface area (Å²) in [6.07, 6.45) is 3.84. The minimum atomic E-state index is 0.343. The first-order valence-corrected chi connectivity index (χ1v) is 7.50. The number of hydrogen-bond donors (Lipinski definition) is 1. The highest BCUT2D eigenvalue weighted by molar-refractivity contribution is 5.30. The highest BCUT2D eigenvalue weighted by Gasteiger charge is 2.24. The summed E-state index contributed by atoms with van der Waals surface area (Å²) in [6.45, 7) is 4.48. The Morgan fingerprint density at radius 1 is 1.16 bits per heavy atom. The van der Waals surface area contributed by atoms with Crippen LogP contribution in [0.4, 0.5) is 0 Å². The molecule has 3 heteroatoms. The number of benzene rings is 1. The van der Waals surface area contributed by atoms with E-state index in [2.05, 4.69) is 29.2 Å². The lowest BCUT2D eigenvalue weighted by molar-refractivity contribution is 0.132. The zero-order chi connectivity index (χ0) is 13.1. The molecule has 3 rings (SSSR count). The Morgan fingerprint density at radius 2 is 1.95 bits per heavy atom. The van der Waals surface area contributed by atoms with Crippen LogP contribution in [-0.4, -0.2) is 37.7 Å². The summed E-state index contributed by atoms with van der Waals surface area (Å²) in [5.41, 5.74) is 8.87. The van der Waals surface area contributed by atoms with E-state index in [4.69, 9.17) is 10.5 Å². The first-order chi connectivity index (χ1) is 9.38. The van der Waals surface area contributed by atoms with Crippen LogP contribution < -0.4 is 5.73 Å². The quantitative estimate of drug-likeness (QED) is 0.902. The lowest BCUT2D eigenvalue weighted by atomic mass is 10.0. The maximum atomic E-state index is 6.01. The van der Waals surface area contributed by atoms with Gasteiger partial charge in [0.05, 0.1) is 6.61 Å². The van der Waals surface area contributed by atoms with Crippen LogP contribution in [0.2, 0.25) is 0 Å². The van der Waals surface area contributed by atoms with Crippen LogP contribution >= 0.6 is 0 Å². The number of rotatable bonds is 4. The lowest BCUT2D eigenvalue weighted by Crippen LogP contribution is -2.35. The van der Waals surface area contributed by atoms with Gasteiger partial charge in [-0.3, -0.25) is 4.90 Å². The fourth-order valence-corrected chi connectivity index (χ4v) is 2.98. The van der Waals surface area contributed by atoms with Crippen LogP contribution in [0.5, 0.6) is 0 Å². The topological polar surface area (TPSA) is 38.5 Å². The predicted molar refractivity (Wildman–Crippen MR) is 77.2 cm³/mol. The van der Waals surface area contributed by atoms with Crippen LogP contribution in [0.15, 0.2) is 24.3 Å². The highest BCUT2D eigenvalue weighted by atomic mass is 16.5. The Morgan fingerprint density at radius 3 is 2.63 bits per heavy atom. The molecule has 1 aliphatic heterocycles. The molecule has 2 aliphatic rings. The van der Waals surface area contributed by atoms with E-state index in [9.17, 15) is 0 Å². The molecule has 1 atom stereocenters. The number of nitrogens with two attached hydrogens (primary N) is 1. The highest BCUT2D eigenvalue weighted by Crippen LogP contribution is 2.40. The third-order valence-corrected chi connectivity index (χ3v) is 4.29. The molecule has 1 aliphatic carbocycles. The molecule has 1 aromatic carbocycles. The summed E-state index contributed by atoms with van der Waals surface area (Å²) in [5, 5.41) is 0. The van der Waals surface area contributed by atoms with Crippen molar-refractivity contribution in [1.82, 2.24) is 4.90 Å². The van der Waals surface area contributed by atoms with Gasteiger partial charge < -0.3 is 10.5 Å². The van der Waals surface area contributed by atoms with Gasteiger partial charge in [-0.1, -0.05) is 24.3 Å². The van der Waals surface area contributed by atoms with Gasteiger partial charge in [0.25, 0.3) is 0 Å². The molecule has 0 radical (unpaired) electrons. The van der Waals surface area contributed by atoms with E-state index in [-0.39, 0.29) is 0 Å². The Bertz CT molecular complexity index is 392. The molecule has 104 valence electrons. The minimum absolute atomic E-state index is 0.343. The molecule has 1 heterocycles. The maximum absolute atomic E-state index is 6.01. The van der Waals surface area contributed by atoms with Crippen molar-refractivity contribution in [1.29, 1.82) is 0 Å². The molecule has 2 N–H and O–H groups in total. The summed E-state index contributed by atoms with van der Waals surface area (Å²) >= 11 is 0. The van der Waals surface area contributed by atoms with Crippen LogP contribution in [0.25, 0.3) is 0 Å². The van der Waals surface area contributed by atoms with E-state index in [1.807, 2.05) is 0 Å². The van der Waals surface area contributed by atoms with Crippen molar-refractivity contribution >= 4 is 0 Å². The molecule has 1 unspecified atom stereocenters. The van der Waals surface area contributed by atoms with Crippen LogP contribution in [0.1, 0.15) is 42.3 Å². The zero-order valence-corrected chi connectivity index (χ0v) is 11.6. The number of hydrogen-bond acceptors (Lipinski definition) is 3. The van der Waals surface area contributed by atoms with Crippen molar-refractivity contribution in [2.75, 3.05) is 32.8 Å². The molecule has 0 aromatic heterocycles. The van der Waals surface area contributed by atoms with Gasteiger partial charge >= 0.3 is 0 Å². The van der Waals surface area contributed by atoms with Gasteiger partial charge in [-0.2, -0.15) is 0 Å². The minimum Gasteiger partial charge on any atom is -0.380 e. The molecule has 2 fully saturated rings. The van der Waals surface area contributed by atoms with Crippen LogP contribution in [-0.2, 0) is 4.74 Å². The fourth-order valence-electron chi connectivity index (χ4n) is 2.98. The van der Waals surface area contributed by atoms with E-state index < -0.39 is 0 Å². The Hall–Kier alpha value is -0.900. The summed E-state index contributed by atoms with van der Waals surface area (Å²) < 4.78 is 5.53. The van der Waals surface area contributed by atoms with Crippen molar-refractivity contribution < 1.29 is 4.74 Å². The van der Waals surface area contributed by atoms with Crippen molar-refractivity contribution in [3.63, 3.8) is 0 Å². The summed E-state index contributed by atoms with van der Waals surface area (Å²) in [4.78, 5) is 2.47. The zero-order valence-electron chi connectivity index (χ0n) is 11.6. The molecule has 1 saturated carbocycles. The van der Waals surface area contributed by atoms with Gasteiger partial charge in [0.2, 0.25) is 0 Å². The van der Waals surface area contributed by atoms with Gasteiger partial charge in [0.1, 0.15) is 0 Å². The second-order valence-corrected chi connectivity index (χ2v) is 5.69. The second-order valence-electron chi connectivity index (χ2n) is 5.69. The van der Waals surface area contributed by atoms with E-state index in [0.29, 0.717) is 12.6 Å². The molecular weight excluding hydrogens is 236 g/mol. The molecule has 1 saturated heterocycles. The smallest absolute Gasteiger partial charge is 0.0593 e. The van der Waals surface area contributed by atoms with Crippen molar-refractivity contribution in [3.05, 3.63) is 35.4 Å². The van der Waals surface area contributed by atoms with Gasteiger partial charge in [0, 0.05) is 32.3 Å². The maximum Gasteiger partial charge on any atom is 0.0593 e. The second kappa shape index (κ2) is 6.04. The Balaban J connectivity index is 1.72. The van der Waals surface area contributed by atoms with Crippen LogP contribution in [0, 0.1) is 0 Å². The van der Waals surface area contributed by atoms with E-state index in [1.54, 1.807) is 0 Å². The van der Waals surface area contributed by atoms with Crippen molar-refractivity contribution in [3.8, 4) is 0 Å². The molecular formula is C16H24N2O. The molecule has 1 aromatic rings. The average Bonchev–Trinajstić information content (AvgIpc) is 3.28. The van der Waals surface area contributed by atoms with E-state index in [1.165, 1.54) is 24.0 Å². The molecule has 0 amide bonds. The third kappa shape index (κ3) is 3.16. The van der Waals surface area contributed by atoms with Gasteiger partial charge in [-0.05, 0) is 36.3 Å². The summed E-state index contributed by atoms with van der Waals surface area (Å²) in [5.74, 6) is 0.831. The average molecular weight is 260 g/mol. The van der Waals surface area contributed by atoms with E-state index >= 15 is 0 Å². The molecule has 0 spiro atoms. The van der Waals surface area contributed by atoms with Gasteiger partial charge in [-0.25, -0.2) is 0 Å². The fraction of sp³-hybridized carbons (Fsp3) is 0.625. The lowest BCUT2D eigenvalue weighted by Gasteiger charge is -2.29. The SMILES string of the molecule is NCC(c1ccc(C2CC2)cc1)N1CCCOCC1. The third-order valence-electron chi connectivity index (χ3n) is 4.29. The van der Waals surface area contributed by atoms with Crippen molar-refractivity contribution in [2.24, 2.45) is 5.73 Å². The first kappa shape index (κ1) is 13.1.